The van der Waals surface area contributed by atoms with Gasteiger partial charge in [0.2, 0.25) is 18.0 Å². The van der Waals surface area contributed by atoms with Gasteiger partial charge in [0.1, 0.15) is 17.5 Å². The smallest absolute Gasteiger partial charge is 0.327 e. The molecule has 2 fully saturated rings. The van der Waals surface area contributed by atoms with Crippen molar-refractivity contribution in [3.8, 4) is 0 Å². The van der Waals surface area contributed by atoms with Crippen LogP contribution in [0.3, 0.4) is 0 Å². The number of imide groups is 1. The molecular formula is C28H29N5O7S. The molecule has 4 atom stereocenters. The van der Waals surface area contributed by atoms with Crippen molar-refractivity contribution in [1.29, 1.82) is 0 Å². The number of hydrogen-bond acceptors (Lipinski definition) is 7. The van der Waals surface area contributed by atoms with Crippen molar-refractivity contribution >= 4 is 54.0 Å². The van der Waals surface area contributed by atoms with Gasteiger partial charge in [-0.2, -0.15) is 0 Å². The molecule has 41 heavy (non-hydrogen) atoms. The summed E-state index contributed by atoms with van der Waals surface area (Å²) in [6.07, 6.45) is 3.01. The van der Waals surface area contributed by atoms with E-state index in [1.54, 1.807) is 74.5 Å². The fourth-order valence-electron chi connectivity index (χ4n) is 4.81. The summed E-state index contributed by atoms with van der Waals surface area (Å²) in [7, 11) is 1.25. The van der Waals surface area contributed by atoms with Gasteiger partial charge in [-0.25, -0.2) is 9.59 Å². The van der Waals surface area contributed by atoms with Crippen LogP contribution in [0.15, 0.2) is 66.7 Å². The summed E-state index contributed by atoms with van der Waals surface area (Å²) in [6, 6.07) is 13.7. The standard InChI is InChI=1S/C28H29N5O7S/c1-27(2)21(23(37)38)33-24(39)28(29-16-34,25(33)41-27)31-22(36)20(18-12-8-5-9-13-18)30-26(40)32(3)19(35)15-14-17-10-6-4-7-11-17/h4-16,20-21,25H,1-3H3,(H,29,34)(H,30,40)(H,31,36)(H,37,38)/t20?,21-,25+,28+/m0/s1. The Kier molecular flexibility index (Phi) is 8.19. The van der Waals surface area contributed by atoms with Gasteiger partial charge in [0.25, 0.3) is 11.8 Å². The second-order valence-corrected chi connectivity index (χ2v) is 11.8. The summed E-state index contributed by atoms with van der Waals surface area (Å²) in [5.74, 6) is -3.52. The molecule has 6 amide bonds. The van der Waals surface area contributed by atoms with Gasteiger partial charge in [0.15, 0.2) is 0 Å². The Morgan fingerprint density at radius 3 is 2.24 bits per heavy atom. The van der Waals surface area contributed by atoms with E-state index in [1.165, 1.54) is 13.1 Å². The lowest BCUT2D eigenvalue weighted by Crippen LogP contribution is -2.85. The molecule has 2 heterocycles. The Hall–Kier alpha value is -4.65. The molecule has 2 saturated heterocycles. The van der Waals surface area contributed by atoms with Gasteiger partial charge in [0.05, 0.1) is 0 Å². The number of amides is 6. The number of nitrogens with one attached hydrogen (secondary N) is 3. The van der Waals surface area contributed by atoms with Crippen LogP contribution in [-0.4, -0.2) is 79.9 Å². The van der Waals surface area contributed by atoms with E-state index in [0.717, 1.165) is 27.1 Å². The topological polar surface area (TPSA) is 165 Å². The zero-order valence-corrected chi connectivity index (χ0v) is 23.3. The van der Waals surface area contributed by atoms with E-state index in [1.807, 2.05) is 6.07 Å². The lowest BCUT2D eigenvalue weighted by Gasteiger charge is -2.52. The van der Waals surface area contributed by atoms with Crippen molar-refractivity contribution < 1.29 is 33.9 Å². The number of carboxylic acids is 1. The van der Waals surface area contributed by atoms with Crippen LogP contribution in [0, 0.1) is 0 Å². The number of thioether (sulfide) groups is 1. The Morgan fingerprint density at radius 1 is 1.05 bits per heavy atom. The maximum atomic E-state index is 13.7. The number of fused-ring (bicyclic) bond motifs is 1. The summed E-state index contributed by atoms with van der Waals surface area (Å²) in [5, 5.41) is 16.3. The number of rotatable bonds is 9. The zero-order valence-electron chi connectivity index (χ0n) is 22.4. The Morgan fingerprint density at radius 2 is 1.66 bits per heavy atom. The summed E-state index contributed by atoms with van der Waals surface area (Å²) in [5.41, 5.74) is -0.851. The number of carboxylic acid groups (broad SMARTS) is 1. The fourth-order valence-corrected chi connectivity index (χ4v) is 6.47. The van der Waals surface area contributed by atoms with Crippen LogP contribution in [0.25, 0.3) is 6.08 Å². The highest BCUT2D eigenvalue weighted by Crippen LogP contribution is 2.54. The fraction of sp³-hybridized carbons (Fsp3) is 0.286. The molecule has 0 saturated carbocycles. The normalized spacial score (nSPS) is 23.1. The highest BCUT2D eigenvalue weighted by molar-refractivity contribution is 8.01. The molecule has 2 aromatic rings. The van der Waals surface area contributed by atoms with E-state index in [-0.39, 0.29) is 6.41 Å². The SMILES string of the molecule is CN(C(=O)C=Cc1ccccc1)C(=O)NC(C(=O)N[C@]1(NC=O)C(=O)N2[C@@H](C(=O)O)C(C)(C)S[C@@H]21)c1ccccc1. The number of aliphatic carboxylic acids is 1. The van der Waals surface area contributed by atoms with Crippen LogP contribution in [0.2, 0.25) is 0 Å². The van der Waals surface area contributed by atoms with Gasteiger partial charge in [-0.1, -0.05) is 60.7 Å². The molecular weight excluding hydrogens is 550 g/mol. The van der Waals surface area contributed by atoms with Crippen molar-refractivity contribution in [2.75, 3.05) is 7.05 Å². The third-order valence-electron chi connectivity index (χ3n) is 6.90. The molecule has 0 spiro atoms. The first-order valence-electron chi connectivity index (χ1n) is 12.6. The first-order valence-corrected chi connectivity index (χ1v) is 13.4. The van der Waals surface area contributed by atoms with Gasteiger partial charge in [-0.3, -0.25) is 24.1 Å². The van der Waals surface area contributed by atoms with E-state index >= 15 is 0 Å². The van der Waals surface area contributed by atoms with E-state index < -0.39 is 57.6 Å². The summed E-state index contributed by atoms with van der Waals surface area (Å²) in [6.45, 7) is 3.31. The molecule has 0 radical (unpaired) electrons. The molecule has 12 nitrogen and oxygen atoms in total. The maximum Gasteiger partial charge on any atom is 0.327 e. The Balaban J connectivity index is 1.56. The van der Waals surface area contributed by atoms with E-state index in [0.29, 0.717) is 5.56 Å². The van der Waals surface area contributed by atoms with E-state index in [4.69, 9.17) is 0 Å². The zero-order chi connectivity index (χ0) is 29.9. The average Bonchev–Trinajstić information content (AvgIpc) is 3.23. The highest BCUT2D eigenvalue weighted by atomic mass is 32.2. The van der Waals surface area contributed by atoms with E-state index in [2.05, 4.69) is 16.0 Å². The molecule has 214 valence electrons. The second kappa shape index (κ2) is 11.5. The number of carbonyl (C=O) groups excluding carboxylic acids is 5. The quantitative estimate of drug-likeness (QED) is 0.149. The number of urea groups is 1. The molecule has 0 bridgehead atoms. The molecule has 0 aromatic heterocycles. The summed E-state index contributed by atoms with van der Waals surface area (Å²) in [4.78, 5) is 78.2. The number of likely N-dealkylation sites (N-methyl/N-ethyl adjacent to an activating group) is 1. The predicted octanol–water partition coefficient (Wildman–Crippen LogP) is 1.31. The largest absolute Gasteiger partial charge is 0.480 e. The minimum atomic E-state index is -1.94. The minimum absolute atomic E-state index is 0.249. The van der Waals surface area contributed by atoms with Gasteiger partial charge >= 0.3 is 12.0 Å². The monoisotopic (exact) mass is 579 g/mol. The van der Waals surface area contributed by atoms with Crippen molar-refractivity contribution in [3.05, 3.63) is 77.9 Å². The first kappa shape index (κ1) is 29.3. The lowest BCUT2D eigenvalue weighted by molar-refractivity contribution is -0.172. The molecule has 0 aliphatic carbocycles. The van der Waals surface area contributed by atoms with Crippen LogP contribution in [0.5, 0.6) is 0 Å². The number of nitrogens with zero attached hydrogens (tertiary/aromatic N) is 2. The highest BCUT2D eigenvalue weighted by Gasteiger charge is 2.72. The number of benzene rings is 2. The lowest BCUT2D eigenvalue weighted by atomic mass is 9.91. The number of hydrogen-bond donors (Lipinski definition) is 4. The van der Waals surface area contributed by atoms with Crippen molar-refractivity contribution in [2.45, 2.75) is 41.7 Å². The van der Waals surface area contributed by atoms with Crippen molar-refractivity contribution in [3.63, 3.8) is 0 Å². The molecule has 4 rings (SSSR count). The maximum absolute atomic E-state index is 13.7. The van der Waals surface area contributed by atoms with Crippen molar-refractivity contribution in [1.82, 2.24) is 25.8 Å². The van der Waals surface area contributed by atoms with Gasteiger partial charge in [0, 0.05) is 17.9 Å². The Labute approximate surface area is 240 Å². The molecule has 4 N–H and O–H groups in total. The molecule has 2 aliphatic heterocycles. The molecule has 2 aromatic carbocycles. The Bertz CT molecular complexity index is 1400. The number of β-lactam (4-membered cyclic amide) rings is 1. The number of carbonyl (C=O) groups is 6. The van der Waals surface area contributed by atoms with Gasteiger partial charge in [-0.05, 0) is 31.1 Å². The van der Waals surface area contributed by atoms with Crippen LogP contribution in [-0.2, 0) is 24.0 Å². The second-order valence-electron chi connectivity index (χ2n) is 10.0. The van der Waals surface area contributed by atoms with Gasteiger partial charge < -0.3 is 26.0 Å². The van der Waals surface area contributed by atoms with Crippen LogP contribution >= 0.6 is 11.8 Å². The van der Waals surface area contributed by atoms with Crippen LogP contribution in [0.4, 0.5) is 4.79 Å². The predicted molar refractivity (Wildman–Crippen MR) is 150 cm³/mol. The van der Waals surface area contributed by atoms with Gasteiger partial charge in [-0.15, -0.1) is 11.8 Å². The third kappa shape index (κ3) is 5.53. The average molecular weight is 580 g/mol. The summed E-state index contributed by atoms with van der Waals surface area (Å²) >= 11 is 1.12. The molecule has 2 aliphatic rings. The van der Waals surface area contributed by atoms with Crippen LogP contribution in [0.1, 0.15) is 31.0 Å². The van der Waals surface area contributed by atoms with Crippen molar-refractivity contribution in [2.24, 2.45) is 0 Å². The van der Waals surface area contributed by atoms with Crippen LogP contribution < -0.4 is 16.0 Å². The minimum Gasteiger partial charge on any atom is -0.480 e. The first-order chi connectivity index (χ1) is 19.4. The molecule has 1 unspecified atom stereocenters. The van der Waals surface area contributed by atoms with E-state index in [9.17, 15) is 33.9 Å². The third-order valence-corrected chi connectivity index (χ3v) is 8.54. The molecule has 13 heteroatoms. The summed E-state index contributed by atoms with van der Waals surface area (Å²) < 4.78 is -0.924.